The average Bonchev–Trinajstić information content (AvgIpc) is 2.84. The van der Waals surface area contributed by atoms with Gasteiger partial charge >= 0.3 is 5.97 Å². The van der Waals surface area contributed by atoms with Crippen molar-refractivity contribution in [3.8, 4) is 0 Å². The van der Waals surface area contributed by atoms with Crippen LogP contribution in [-0.2, 0) is 14.3 Å². The van der Waals surface area contributed by atoms with E-state index in [2.05, 4.69) is 10.6 Å². The largest absolute Gasteiger partial charge is 0.468 e. The lowest BCUT2D eigenvalue weighted by Crippen LogP contribution is -2.39. The predicted molar refractivity (Wildman–Crippen MR) is 109 cm³/mol. The number of esters is 1. The maximum atomic E-state index is 13.5. The molecule has 0 spiro atoms. The number of allylic oxidation sites excluding steroid dienone is 1. The Kier molecular flexibility index (Phi) is 4.85. The van der Waals surface area contributed by atoms with Gasteiger partial charge < -0.3 is 15.4 Å². The molecular formula is C22H21ClN2O3. The number of Topliss-reactive ketones (excluding diaryl/α,β-unsaturated/α-hetero) is 1. The highest BCUT2D eigenvalue weighted by Gasteiger charge is 2.44. The number of methoxy groups -OCH3 is 1. The lowest BCUT2D eigenvalue weighted by molar-refractivity contribution is -0.151. The quantitative estimate of drug-likeness (QED) is 0.575. The van der Waals surface area contributed by atoms with Crippen LogP contribution in [0, 0.1) is 11.8 Å². The first-order chi connectivity index (χ1) is 13.5. The fraction of sp³-hybridized carbons (Fsp3) is 0.273. The Bertz CT molecular complexity index is 985. The first kappa shape index (κ1) is 18.6. The zero-order valence-corrected chi connectivity index (χ0v) is 16.4. The number of benzene rings is 2. The third kappa shape index (κ3) is 3.06. The monoisotopic (exact) mass is 396 g/mol. The van der Waals surface area contributed by atoms with Gasteiger partial charge in [0.05, 0.1) is 24.5 Å². The van der Waals surface area contributed by atoms with Crippen LogP contribution in [0.1, 0.15) is 24.9 Å². The van der Waals surface area contributed by atoms with Gasteiger partial charge in [-0.05, 0) is 36.1 Å². The molecule has 2 aromatic carbocycles. The van der Waals surface area contributed by atoms with E-state index in [4.69, 9.17) is 16.3 Å². The van der Waals surface area contributed by atoms with Gasteiger partial charge in [-0.1, -0.05) is 48.9 Å². The topological polar surface area (TPSA) is 67.4 Å². The van der Waals surface area contributed by atoms with Gasteiger partial charge in [-0.15, -0.1) is 0 Å². The summed E-state index contributed by atoms with van der Waals surface area (Å²) in [5, 5.41) is 7.44. The number of hydrogen-bond donors (Lipinski definition) is 2. The zero-order chi connectivity index (χ0) is 19.8. The van der Waals surface area contributed by atoms with E-state index >= 15 is 0 Å². The minimum absolute atomic E-state index is 0.164. The SMILES string of the molecule is COC(=O)C1C(=O)C2=C(CC1C)Nc1ccccc1NC2c1ccccc1Cl. The van der Waals surface area contributed by atoms with Gasteiger partial charge in [0, 0.05) is 16.3 Å². The number of para-hydroxylation sites is 2. The molecular weight excluding hydrogens is 376 g/mol. The zero-order valence-electron chi connectivity index (χ0n) is 15.7. The van der Waals surface area contributed by atoms with Crippen molar-refractivity contribution in [2.45, 2.75) is 19.4 Å². The summed E-state index contributed by atoms with van der Waals surface area (Å²) in [4.78, 5) is 25.8. The molecule has 3 atom stereocenters. The Morgan fingerprint density at radius 2 is 1.79 bits per heavy atom. The summed E-state index contributed by atoms with van der Waals surface area (Å²) in [7, 11) is 1.32. The fourth-order valence-electron chi connectivity index (χ4n) is 4.08. The Hall–Kier alpha value is -2.79. The first-order valence-electron chi connectivity index (χ1n) is 9.23. The van der Waals surface area contributed by atoms with E-state index < -0.39 is 17.9 Å². The molecule has 1 aliphatic carbocycles. The average molecular weight is 397 g/mol. The molecule has 144 valence electrons. The Morgan fingerprint density at radius 3 is 2.50 bits per heavy atom. The normalized spacial score (nSPS) is 23.7. The van der Waals surface area contributed by atoms with Crippen LogP contribution in [0.5, 0.6) is 0 Å². The van der Waals surface area contributed by atoms with Crippen molar-refractivity contribution in [3.63, 3.8) is 0 Å². The number of fused-ring (bicyclic) bond motifs is 1. The summed E-state index contributed by atoms with van der Waals surface area (Å²) in [6.45, 7) is 1.90. The molecule has 5 nitrogen and oxygen atoms in total. The Morgan fingerprint density at radius 1 is 1.11 bits per heavy atom. The second kappa shape index (κ2) is 7.32. The van der Waals surface area contributed by atoms with Gasteiger partial charge in [0.1, 0.15) is 5.92 Å². The molecule has 2 aromatic rings. The van der Waals surface area contributed by atoms with E-state index in [0.29, 0.717) is 17.0 Å². The van der Waals surface area contributed by atoms with Crippen LogP contribution in [0.2, 0.25) is 5.02 Å². The van der Waals surface area contributed by atoms with Crippen molar-refractivity contribution in [2.75, 3.05) is 17.7 Å². The fourth-order valence-corrected chi connectivity index (χ4v) is 4.32. The molecule has 6 heteroatoms. The molecule has 0 radical (unpaired) electrons. The second-order valence-corrected chi connectivity index (χ2v) is 7.62. The standard InChI is InChI=1S/C22H21ClN2O3/c1-12-11-17-19(21(26)18(12)22(27)28-2)20(13-7-3-4-8-14(13)23)25-16-10-6-5-9-15(16)24-17/h3-10,12,18,20,24-25H,11H2,1-2H3. The molecule has 2 aliphatic rings. The molecule has 1 aliphatic heterocycles. The number of anilines is 2. The van der Waals surface area contributed by atoms with Crippen LogP contribution in [0.3, 0.4) is 0 Å². The molecule has 1 heterocycles. The molecule has 4 rings (SSSR count). The van der Waals surface area contributed by atoms with Crippen molar-refractivity contribution in [3.05, 3.63) is 70.4 Å². The van der Waals surface area contributed by atoms with Crippen LogP contribution >= 0.6 is 11.6 Å². The molecule has 2 N–H and O–H groups in total. The number of hydrogen-bond acceptors (Lipinski definition) is 5. The highest BCUT2D eigenvalue weighted by atomic mass is 35.5. The van der Waals surface area contributed by atoms with Gasteiger partial charge in [0.25, 0.3) is 0 Å². The van der Waals surface area contributed by atoms with Crippen LogP contribution in [0.25, 0.3) is 0 Å². The number of rotatable bonds is 2. The summed E-state index contributed by atoms with van der Waals surface area (Å²) >= 11 is 6.49. The van der Waals surface area contributed by atoms with E-state index in [9.17, 15) is 9.59 Å². The van der Waals surface area contributed by atoms with E-state index in [0.717, 1.165) is 22.6 Å². The Labute approximate surface area is 168 Å². The van der Waals surface area contributed by atoms with E-state index in [1.165, 1.54) is 7.11 Å². The summed E-state index contributed by atoms with van der Waals surface area (Å²) in [6.07, 6.45) is 0.567. The van der Waals surface area contributed by atoms with Gasteiger partial charge in [-0.2, -0.15) is 0 Å². The second-order valence-electron chi connectivity index (χ2n) is 7.21. The predicted octanol–water partition coefficient (Wildman–Crippen LogP) is 4.57. The lowest BCUT2D eigenvalue weighted by atomic mass is 9.75. The van der Waals surface area contributed by atoms with Crippen molar-refractivity contribution < 1.29 is 14.3 Å². The summed E-state index contributed by atoms with van der Waals surface area (Å²) in [6, 6.07) is 14.8. The van der Waals surface area contributed by atoms with E-state index in [1.807, 2.05) is 49.4 Å². The minimum Gasteiger partial charge on any atom is -0.468 e. The molecule has 0 aromatic heterocycles. The summed E-state index contributed by atoms with van der Waals surface area (Å²) in [5.74, 6) is -1.70. The van der Waals surface area contributed by atoms with Crippen LogP contribution in [0.4, 0.5) is 11.4 Å². The number of nitrogens with one attached hydrogen (secondary N) is 2. The van der Waals surface area contributed by atoms with Gasteiger partial charge in [0.15, 0.2) is 5.78 Å². The third-order valence-electron chi connectivity index (χ3n) is 5.44. The Balaban J connectivity index is 1.90. The minimum atomic E-state index is -0.821. The lowest BCUT2D eigenvalue weighted by Gasteiger charge is -2.32. The molecule has 0 saturated carbocycles. The van der Waals surface area contributed by atoms with Crippen LogP contribution in [-0.4, -0.2) is 18.9 Å². The molecule has 0 saturated heterocycles. The summed E-state index contributed by atoms with van der Waals surface area (Å²) in [5.41, 5.74) is 3.91. The van der Waals surface area contributed by atoms with Gasteiger partial charge in [-0.3, -0.25) is 9.59 Å². The van der Waals surface area contributed by atoms with Gasteiger partial charge in [-0.25, -0.2) is 0 Å². The van der Waals surface area contributed by atoms with Crippen LogP contribution in [0.15, 0.2) is 59.8 Å². The highest BCUT2D eigenvalue weighted by molar-refractivity contribution is 6.31. The number of halogens is 1. The van der Waals surface area contributed by atoms with Gasteiger partial charge in [0.2, 0.25) is 0 Å². The molecule has 28 heavy (non-hydrogen) atoms. The first-order valence-corrected chi connectivity index (χ1v) is 9.61. The number of carbonyl (C=O) groups is 2. The van der Waals surface area contributed by atoms with Crippen molar-refractivity contribution in [1.82, 2.24) is 0 Å². The maximum Gasteiger partial charge on any atom is 0.316 e. The van der Waals surface area contributed by atoms with Crippen molar-refractivity contribution in [2.24, 2.45) is 11.8 Å². The van der Waals surface area contributed by atoms with E-state index in [-0.39, 0.29) is 11.7 Å². The number of carbonyl (C=O) groups excluding carboxylic acids is 2. The number of ketones is 1. The van der Waals surface area contributed by atoms with E-state index in [1.54, 1.807) is 6.07 Å². The smallest absolute Gasteiger partial charge is 0.316 e. The third-order valence-corrected chi connectivity index (χ3v) is 5.78. The molecule has 0 bridgehead atoms. The highest BCUT2D eigenvalue weighted by Crippen LogP contribution is 2.44. The maximum absolute atomic E-state index is 13.5. The van der Waals surface area contributed by atoms with Crippen molar-refractivity contribution >= 4 is 34.7 Å². The molecule has 0 fully saturated rings. The van der Waals surface area contributed by atoms with Crippen molar-refractivity contribution in [1.29, 1.82) is 0 Å². The number of ether oxygens (including phenoxy) is 1. The summed E-state index contributed by atoms with van der Waals surface area (Å²) < 4.78 is 4.92. The van der Waals surface area contributed by atoms with Crippen LogP contribution < -0.4 is 10.6 Å². The molecule has 0 amide bonds. The molecule has 3 unspecified atom stereocenters.